The van der Waals surface area contributed by atoms with Crippen molar-refractivity contribution in [3.05, 3.63) is 28.7 Å². The van der Waals surface area contributed by atoms with E-state index in [1.54, 1.807) is 7.11 Å². The number of guanidine groups is 1. The van der Waals surface area contributed by atoms with Gasteiger partial charge in [-0.2, -0.15) is 0 Å². The van der Waals surface area contributed by atoms with Crippen LogP contribution < -0.4 is 15.5 Å². The highest BCUT2D eigenvalue weighted by molar-refractivity contribution is 9.10. The molecule has 0 saturated carbocycles. The minimum absolute atomic E-state index is 0.599. The Morgan fingerprint density at radius 1 is 1.22 bits per heavy atom. The van der Waals surface area contributed by atoms with E-state index in [0.717, 1.165) is 56.2 Å². The summed E-state index contributed by atoms with van der Waals surface area (Å²) < 4.78 is 11.6. The van der Waals surface area contributed by atoms with Gasteiger partial charge in [0.15, 0.2) is 5.96 Å². The number of hydrogen-bond donors (Lipinski definition) is 2. The number of anilines is 1. The van der Waals surface area contributed by atoms with Gasteiger partial charge in [-0.1, -0.05) is 15.9 Å². The molecule has 1 unspecified atom stereocenters. The molecular formula is C20H33BrN4O2. The average molecular weight is 441 g/mol. The zero-order chi connectivity index (χ0) is 19.3. The van der Waals surface area contributed by atoms with Crippen LogP contribution in [-0.2, 0) is 9.47 Å². The summed E-state index contributed by atoms with van der Waals surface area (Å²) in [5.41, 5.74) is 1.29. The molecule has 1 aliphatic rings. The molecule has 6 nitrogen and oxygen atoms in total. The van der Waals surface area contributed by atoms with Crippen molar-refractivity contribution in [3.8, 4) is 0 Å². The fourth-order valence-electron chi connectivity index (χ4n) is 3.06. The van der Waals surface area contributed by atoms with Crippen LogP contribution in [0.15, 0.2) is 33.7 Å². The van der Waals surface area contributed by atoms with E-state index in [1.165, 1.54) is 12.1 Å². The number of methoxy groups -OCH3 is 1. The van der Waals surface area contributed by atoms with E-state index in [2.05, 4.69) is 62.7 Å². The molecule has 0 aromatic heterocycles. The Labute approximate surface area is 171 Å². The molecule has 2 rings (SSSR count). The van der Waals surface area contributed by atoms with Gasteiger partial charge in [0.25, 0.3) is 0 Å². The molecule has 1 heterocycles. The molecule has 0 amide bonds. The third-order valence-corrected chi connectivity index (χ3v) is 5.05. The lowest BCUT2D eigenvalue weighted by Crippen LogP contribution is -2.38. The topological polar surface area (TPSA) is 58.1 Å². The number of nitrogens with one attached hydrogen (secondary N) is 2. The molecule has 1 fully saturated rings. The van der Waals surface area contributed by atoms with Crippen molar-refractivity contribution in [2.24, 2.45) is 10.9 Å². The van der Waals surface area contributed by atoms with Crippen molar-refractivity contribution in [1.29, 1.82) is 0 Å². The van der Waals surface area contributed by atoms with Crippen LogP contribution in [0.2, 0.25) is 0 Å². The first-order valence-corrected chi connectivity index (χ1v) is 10.6. The number of rotatable bonds is 11. The van der Waals surface area contributed by atoms with E-state index in [0.29, 0.717) is 19.1 Å². The van der Waals surface area contributed by atoms with Gasteiger partial charge < -0.3 is 25.0 Å². The molecule has 27 heavy (non-hydrogen) atoms. The third-order valence-electron chi connectivity index (χ3n) is 4.52. The second-order valence-electron chi connectivity index (χ2n) is 6.68. The van der Waals surface area contributed by atoms with Gasteiger partial charge in [-0.05, 0) is 49.9 Å². The molecule has 1 aromatic rings. The van der Waals surface area contributed by atoms with Crippen LogP contribution in [-0.4, -0.2) is 65.6 Å². The lowest BCUT2D eigenvalue weighted by Gasteiger charge is -2.18. The summed E-state index contributed by atoms with van der Waals surface area (Å²) in [4.78, 5) is 7.23. The van der Waals surface area contributed by atoms with Gasteiger partial charge >= 0.3 is 0 Å². The molecule has 1 saturated heterocycles. The fourth-order valence-corrected chi connectivity index (χ4v) is 3.32. The average Bonchev–Trinajstić information content (AvgIpc) is 3.15. The highest BCUT2D eigenvalue weighted by Gasteiger charge is 2.22. The van der Waals surface area contributed by atoms with Crippen molar-refractivity contribution in [2.45, 2.75) is 19.8 Å². The molecule has 0 spiro atoms. The minimum Gasteiger partial charge on any atom is -0.382 e. The standard InChI is InChI=1S/C20H33BrN4O2/c1-3-22-20(23-10-4-12-27-14-13-26-2)24-15-17-9-11-25(16-17)19-7-5-18(21)6-8-19/h5-8,17H,3-4,9-16H2,1-2H3,(H2,22,23,24). The number of hydrogen-bond acceptors (Lipinski definition) is 4. The van der Waals surface area contributed by atoms with Gasteiger partial charge in [0.2, 0.25) is 0 Å². The summed E-state index contributed by atoms with van der Waals surface area (Å²) in [5.74, 6) is 1.50. The van der Waals surface area contributed by atoms with Crippen LogP contribution in [0.4, 0.5) is 5.69 Å². The second-order valence-corrected chi connectivity index (χ2v) is 7.60. The number of ether oxygens (including phenoxy) is 2. The summed E-state index contributed by atoms with van der Waals surface area (Å²) in [6, 6.07) is 8.56. The predicted octanol–water partition coefficient (Wildman–Crippen LogP) is 2.88. The van der Waals surface area contributed by atoms with Gasteiger partial charge in [-0.25, -0.2) is 0 Å². The van der Waals surface area contributed by atoms with E-state index in [-0.39, 0.29) is 0 Å². The number of nitrogens with zero attached hydrogens (tertiary/aromatic N) is 2. The zero-order valence-corrected chi connectivity index (χ0v) is 18.1. The summed E-state index contributed by atoms with van der Waals surface area (Å²) >= 11 is 3.50. The fraction of sp³-hybridized carbons (Fsp3) is 0.650. The van der Waals surface area contributed by atoms with E-state index in [4.69, 9.17) is 14.5 Å². The summed E-state index contributed by atoms with van der Waals surface area (Å²) in [6.45, 7) is 8.88. The SMILES string of the molecule is CCNC(=NCC1CCN(c2ccc(Br)cc2)C1)NCCCOCCOC. The monoisotopic (exact) mass is 440 g/mol. The Morgan fingerprint density at radius 3 is 2.78 bits per heavy atom. The lowest BCUT2D eigenvalue weighted by molar-refractivity contribution is 0.0698. The molecule has 152 valence electrons. The van der Waals surface area contributed by atoms with E-state index in [1.807, 2.05) is 0 Å². The summed E-state index contributed by atoms with van der Waals surface area (Å²) in [5, 5.41) is 6.72. The summed E-state index contributed by atoms with van der Waals surface area (Å²) in [6.07, 6.45) is 2.14. The first-order valence-electron chi connectivity index (χ1n) is 9.82. The Hall–Kier alpha value is -1.31. The van der Waals surface area contributed by atoms with Gasteiger partial charge in [0.1, 0.15) is 0 Å². The molecule has 0 bridgehead atoms. The van der Waals surface area contributed by atoms with E-state index in [9.17, 15) is 0 Å². The van der Waals surface area contributed by atoms with Crippen molar-refractivity contribution in [2.75, 3.05) is 64.6 Å². The number of halogens is 1. The highest BCUT2D eigenvalue weighted by atomic mass is 79.9. The van der Waals surface area contributed by atoms with Crippen molar-refractivity contribution in [3.63, 3.8) is 0 Å². The zero-order valence-electron chi connectivity index (χ0n) is 16.5. The van der Waals surface area contributed by atoms with Crippen molar-refractivity contribution >= 4 is 27.6 Å². The van der Waals surface area contributed by atoms with E-state index < -0.39 is 0 Å². The van der Waals surface area contributed by atoms with Crippen LogP contribution in [0, 0.1) is 5.92 Å². The van der Waals surface area contributed by atoms with Gasteiger partial charge in [0.05, 0.1) is 13.2 Å². The van der Waals surface area contributed by atoms with Crippen LogP contribution in [0.1, 0.15) is 19.8 Å². The van der Waals surface area contributed by atoms with E-state index >= 15 is 0 Å². The molecule has 1 aliphatic heterocycles. The second kappa shape index (κ2) is 13.0. The van der Waals surface area contributed by atoms with Gasteiger partial charge in [-0.3, -0.25) is 4.99 Å². The third kappa shape index (κ3) is 8.49. The van der Waals surface area contributed by atoms with Crippen LogP contribution in [0.25, 0.3) is 0 Å². The quantitative estimate of drug-likeness (QED) is 0.314. The number of aliphatic imine (C=N–C) groups is 1. The Balaban J connectivity index is 1.70. The largest absolute Gasteiger partial charge is 0.382 e. The van der Waals surface area contributed by atoms with Crippen molar-refractivity contribution in [1.82, 2.24) is 10.6 Å². The normalized spacial score (nSPS) is 17.4. The molecule has 0 radical (unpaired) electrons. The molecule has 1 aromatic carbocycles. The highest BCUT2D eigenvalue weighted by Crippen LogP contribution is 2.25. The maximum absolute atomic E-state index is 5.48. The van der Waals surface area contributed by atoms with Crippen LogP contribution in [0.3, 0.4) is 0 Å². The Kier molecular flexibility index (Phi) is 10.6. The molecule has 1 atom stereocenters. The first-order chi connectivity index (χ1) is 13.2. The Bertz CT molecular complexity index is 553. The van der Waals surface area contributed by atoms with Gasteiger partial charge in [0, 0.05) is 56.6 Å². The smallest absolute Gasteiger partial charge is 0.191 e. The Morgan fingerprint density at radius 2 is 2.04 bits per heavy atom. The predicted molar refractivity (Wildman–Crippen MR) is 116 cm³/mol. The van der Waals surface area contributed by atoms with Gasteiger partial charge in [-0.15, -0.1) is 0 Å². The maximum atomic E-state index is 5.48. The van der Waals surface area contributed by atoms with Crippen LogP contribution in [0.5, 0.6) is 0 Å². The van der Waals surface area contributed by atoms with Crippen LogP contribution >= 0.6 is 15.9 Å². The first kappa shape index (κ1) is 22.0. The summed E-state index contributed by atoms with van der Waals surface area (Å²) in [7, 11) is 1.69. The molecule has 7 heteroatoms. The molecule has 2 N–H and O–H groups in total. The minimum atomic E-state index is 0.599. The molecule has 0 aliphatic carbocycles. The lowest BCUT2D eigenvalue weighted by atomic mass is 10.1. The number of benzene rings is 1. The van der Waals surface area contributed by atoms with Crippen molar-refractivity contribution < 1.29 is 9.47 Å². The molecular weight excluding hydrogens is 408 g/mol. The maximum Gasteiger partial charge on any atom is 0.191 e.